The molecule has 0 spiro atoms. The number of nitrogens with one attached hydrogen (secondary N) is 1. The lowest BCUT2D eigenvalue weighted by atomic mass is 10.2. The van der Waals surface area contributed by atoms with Crippen LogP contribution in [0.25, 0.3) is 28.2 Å². The molecule has 0 aliphatic carbocycles. The van der Waals surface area contributed by atoms with Crippen LogP contribution in [0.2, 0.25) is 5.02 Å². The van der Waals surface area contributed by atoms with Crippen LogP contribution >= 0.6 is 11.6 Å². The van der Waals surface area contributed by atoms with Gasteiger partial charge in [-0.2, -0.15) is 0 Å². The number of anilines is 2. The van der Waals surface area contributed by atoms with Crippen LogP contribution in [0.3, 0.4) is 0 Å². The molecule has 0 fully saturated rings. The Labute approximate surface area is 184 Å². The molecule has 3 aromatic carbocycles. The number of methoxy groups -OCH3 is 1. The molecule has 0 amide bonds. The van der Waals surface area contributed by atoms with Gasteiger partial charge in [0.25, 0.3) is 0 Å². The third-order valence-electron chi connectivity index (χ3n) is 4.97. The first-order valence-corrected chi connectivity index (χ1v) is 10.1. The largest absolute Gasteiger partial charge is 0.494 e. The molecule has 154 valence electrons. The third-order valence-corrected chi connectivity index (χ3v) is 5.30. The van der Waals surface area contributed by atoms with E-state index in [2.05, 4.69) is 10.3 Å². The van der Waals surface area contributed by atoms with Crippen LogP contribution in [0.15, 0.2) is 77.6 Å². The van der Waals surface area contributed by atoms with Crippen LogP contribution < -0.4 is 10.1 Å². The van der Waals surface area contributed by atoms with Crippen molar-refractivity contribution in [1.82, 2.24) is 14.5 Å². The summed E-state index contributed by atoms with van der Waals surface area (Å²) in [6.45, 7) is 1.95. The van der Waals surface area contributed by atoms with Gasteiger partial charge in [0, 0.05) is 18.0 Å². The second kappa shape index (κ2) is 7.81. The van der Waals surface area contributed by atoms with E-state index in [0.717, 1.165) is 39.6 Å². The van der Waals surface area contributed by atoms with E-state index < -0.39 is 0 Å². The predicted octanol–water partition coefficient (Wildman–Crippen LogP) is 6.39. The van der Waals surface area contributed by atoms with Crippen molar-refractivity contribution in [2.45, 2.75) is 6.92 Å². The zero-order chi connectivity index (χ0) is 21.4. The van der Waals surface area contributed by atoms with Crippen LogP contribution in [0.1, 0.15) is 5.69 Å². The smallest absolute Gasteiger partial charge is 0.228 e. The molecule has 0 saturated carbocycles. The van der Waals surface area contributed by atoms with E-state index in [0.29, 0.717) is 16.5 Å². The minimum atomic E-state index is 0.484. The number of oxazole rings is 1. The van der Waals surface area contributed by atoms with E-state index in [9.17, 15) is 0 Å². The van der Waals surface area contributed by atoms with Crippen LogP contribution in [0.4, 0.5) is 11.4 Å². The summed E-state index contributed by atoms with van der Waals surface area (Å²) in [6, 6.07) is 19.2. The molecular formula is C24H19ClN4O2. The number of para-hydroxylation sites is 1. The highest BCUT2D eigenvalue weighted by atomic mass is 35.5. The van der Waals surface area contributed by atoms with E-state index in [1.165, 1.54) is 0 Å². The maximum atomic E-state index is 6.32. The summed E-state index contributed by atoms with van der Waals surface area (Å²) in [5.41, 5.74) is 5.71. The molecule has 2 heterocycles. The topological polar surface area (TPSA) is 65.1 Å². The molecule has 0 bridgehead atoms. The monoisotopic (exact) mass is 430 g/mol. The van der Waals surface area contributed by atoms with Gasteiger partial charge in [0.1, 0.15) is 11.3 Å². The van der Waals surface area contributed by atoms with Gasteiger partial charge in [-0.25, -0.2) is 9.97 Å². The Morgan fingerprint density at radius 1 is 1.06 bits per heavy atom. The lowest BCUT2D eigenvalue weighted by Crippen LogP contribution is -1.98. The Kier molecular flexibility index (Phi) is 4.84. The molecule has 5 aromatic rings. The molecule has 0 atom stereocenters. The fourth-order valence-corrected chi connectivity index (χ4v) is 3.69. The number of aromatic nitrogens is 3. The van der Waals surface area contributed by atoms with Crippen LogP contribution in [-0.4, -0.2) is 21.6 Å². The van der Waals surface area contributed by atoms with Crippen molar-refractivity contribution in [3.63, 3.8) is 0 Å². The molecule has 1 N–H and O–H groups in total. The van der Waals surface area contributed by atoms with Crippen molar-refractivity contribution in [2.24, 2.45) is 0 Å². The molecule has 0 saturated heterocycles. The van der Waals surface area contributed by atoms with Gasteiger partial charge in [-0.15, -0.1) is 0 Å². The second-order valence-electron chi connectivity index (χ2n) is 7.09. The highest BCUT2D eigenvalue weighted by molar-refractivity contribution is 6.33. The average Bonchev–Trinajstić information content (AvgIpc) is 3.41. The number of benzene rings is 3. The van der Waals surface area contributed by atoms with Crippen molar-refractivity contribution < 1.29 is 9.15 Å². The van der Waals surface area contributed by atoms with Gasteiger partial charge in [0.2, 0.25) is 5.89 Å². The number of imidazole rings is 1. The number of aryl methyl sites for hydroxylation is 1. The van der Waals surface area contributed by atoms with Crippen molar-refractivity contribution in [2.75, 3.05) is 12.4 Å². The van der Waals surface area contributed by atoms with Crippen molar-refractivity contribution in [3.8, 4) is 22.9 Å². The Morgan fingerprint density at radius 2 is 1.94 bits per heavy atom. The SMILES string of the molecule is COc1cc(Nc2cccc3oc(-c4ccccc4Cl)nc23)ccc1-n1cnc(C)c1. The summed E-state index contributed by atoms with van der Waals surface area (Å²) in [5, 5.41) is 4.02. The molecule has 2 aromatic heterocycles. The lowest BCUT2D eigenvalue weighted by Gasteiger charge is -2.13. The van der Waals surface area contributed by atoms with Crippen molar-refractivity contribution >= 4 is 34.1 Å². The molecule has 5 rings (SSSR count). The van der Waals surface area contributed by atoms with Crippen LogP contribution in [-0.2, 0) is 0 Å². The van der Waals surface area contributed by atoms with E-state index in [1.54, 1.807) is 13.4 Å². The van der Waals surface area contributed by atoms with Gasteiger partial charge in [0.05, 0.1) is 41.1 Å². The molecule has 31 heavy (non-hydrogen) atoms. The highest BCUT2D eigenvalue weighted by Crippen LogP contribution is 2.34. The lowest BCUT2D eigenvalue weighted by molar-refractivity contribution is 0.413. The average molecular weight is 431 g/mol. The van der Waals surface area contributed by atoms with E-state index in [4.69, 9.17) is 25.7 Å². The molecule has 0 aliphatic heterocycles. The summed E-state index contributed by atoms with van der Waals surface area (Å²) < 4.78 is 13.5. The zero-order valence-electron chi connectivity index (χ0n) is 17.0. The summed E-state index contributed by atoms with van der Waals surface area (Å²) in [4.78, 5) is 8.98. The maximum Gasteiger partial charge on any atom is 0.228 e. The minimum Gasteiger partial charge on any atom is -0.494 e. The molecular weight excluding hydrogens is 412 g/mol. The van der Waals surface area contributed by atoms with Gasteiger partial charge in [-0.1, -0.05) is 29.8 Å². The standard InChI is InChI=1S/C24H19ClN4O2/c1-15-13-29(14-26-15)20-11-10-16(12-22(20)30-2)27-19-8-5-9-21-23(19)28-24(31-21)17-6-3-4-7-18(17)25/h3-14,27H,1-2H3. The normalized spacial score (nSPS) is 11.1. The highest BCUT2D eigenvalue weighted by Gasteiger charge is 2.14. The Bertz CT molecular complexity index is 1390. The first-order valence-electron chi connectivity index (χ1n) is 9.73. The number of hydrogen-bond acceptors (Lipinski definition) is 5. The van der Waals surface area contributed by atoms with Crippen LogP contribution in [0, 0.1) is 6.92 Å². The summed E-state index contributed by atoms with van der Waals surface area (Å²) >= 11 is 6.32. The molecule has 7 heteroatoms. The van der Waals surface area contributed by atoms with Gasteiger partial charge in [-0.3, -0.25) is 0 Å². The molecule has 0 aliphatic rings. The fraction of sp³-hybridized carbons (Fsp3) is 0.0833. The van der Waals surface area contributed by atoms with Crippen LogP contribution in [0.5, 0.6) is 5.75 Å². The van der Waals surface area contributed by atoms with Gasteiger partial charge >= 0.3 is 0 Å². The minimum absolute atomic E-state index is 0.484. The molecule has 0 unspecified atom stereocenters. The fourth-order valence-electron chi connectivity index (χ4n) is 3.48. The summed E-state index contributed by atoms with van der Waals surface area (Å²) in [7, 11) is 1.65. The third kappa shape index (κ3) is 3.62. The number of nitrogens with zero attached hydrogens (tertiary/aromatic N) is 3. The zero-order valence-corrected chi connectivity index (χ0v) is 17.7. The number of fused-ring (bicyclic) bond motifs is 1. The van der Waals surface area contributed by atoms with E-state index >= 15 is 0 Å². The number of rotatable bonds is 5. The maximum absolute atomic E-state index is 6.32. The van der Waals surface area contributed by atoms with Gasteiger partial charge in [0.15, 0.2) is 5.58 Å². The van der Waals surface area contributed by atoms with Gasteiger partial charge in [-0.05, 0) is 43.3 Å². The van der Waals surface area contributed by atoms with E-state index in [1.807, 2.05) is 78.4 Å². The first-order chi connectivity index (χ1) is 15.1. The Morgan fingerprint density at radius 3 is 2.71 bits per heavy atom. The summed E-state index contributed by atoms with van der Waals surface area (Å²) in [6.07, 6.45) is 3.73. The number of halogens is 1. The van der Waals surface area contributed by atoms with Gasteiger partial charge < -0.3 is 19.0 Å². The first kappa shape index (κ1) is 19.2. The summed E-state index contributed by atoms with van der Waals surface area (Å²) in [5.74, 6) is 1.21. The number of hydrogen-bond donors (Lipinski definition) is 1. The Hall–Kier alpha value is -3.77. The quantitative estimate of drug-likeness (QED) is 0.349. The number of ether oxygens (including phenoxy) is 1. The predicted molar refractivity (Wildman–Crippen MR) is 123 cm³/mol. The second-order valence-corrected chi connectivity index (χ2v) is 7.49. The van der Waals surface area contributed by atoms with Crippen molar-refractivity contribution in [1.29, 1.82) is 0 Å². The molecule has 6 nitrogen and oxygen atoms in total. The van der Waals surface area contributed by atoms with E-state index in [-0.39, 0.29) is 0 Å². The van der Waals surface area contributed by atoms with Crippen molar-refractivity contribution in [3.05, 3.63) is 83.9 Å². The Balaban J connectivity index is 1.51. The molecule has 0 radical (unpaired) electrons.